The summed E-state index contributed by atoms with van der Waals surface area (Å²) >= 11 is 0. The van der Waals surface area contributed by atoms with E-state index in [2.05, 4.69) is 203 Å². The van der Waals surface area contributed by atoms with Crippen LogP contribution in [0.5, 0.6) is 0 Å². The Labute approximate surface area is 324 Å². The number of nitrogens with zero attached hydrogens (tertiary/aromatic N) is 4. The Morgan fingerprint density at radius 1 is 0.268 bits per heavy atom. The van der Waals surface area contributed by atoms with Gasteiger partial charge >= 0.3 is 0 Å². The molecule has 0 unspecified atom stereocenters. The monoisotopic (exact) mass is 714 g/mol. The zero-order valence-corrected chi connectivity index (χ0v) is 30.4. The van der Waals surface area contributed by atoms with Crippen LogP contribution >= 0.6 is 0 Å². The molecule has 0 saturated carbocycles. The van der Waals surface area contributed by atoms with E-state index in [0.717, 1.165) is 50.6 Å². The lowest BCUT2D eigenvalue weighted by atomic mass is 10.0. The van der Waals surface area contributed by atoms with Gasteiger partial charge in [-0.2, -0.15) is 0 Å². The van der Waals surface area contributed by atoms with Crippen LogP contribution in [0.4, 0.5) is 0 Å². The first kappa shape index (κ1) is 31.9. The number of aromatic nitrogens is 4. The SMILES string of the molecule is c1ccc(-c2cccc(-c3nc(-c4ccccc4)cc(-c4ccc(-n5c6ccccc6c6cc7c(cc65)c5ccccc5n7-c5ccccc5)cc4)n3)c2)cc1. The fourth-order valence-corrected chi connectivity index (χ4v) is 8.29. The van der Waals surface area contributed by atoms with E-state index in [1.165, 1.54) is 43.6 Å². The largest absolute Gasteiger partial charge is 0.309 e. The van der Waals surface area contributed by atoms with Crippen molar-refractivity contribution in [2.24, 2.45) is 0 Å². The standard InChI is InChI=1S/C52H34N4/c1-4-15-35(16-5-1)38-19-14-20-39(31-38)52-53-46(36-17-6-2-7-18-36)34-47(54-52)37-27-29-41(30-28-37)56-49-26-13-11-24-43(49)45-32-50-44(33-51(45)56)42-23-10-12-25-48(42)55(50)40-21-8-3-9-22-40/h1-34H. The fraction of sp³-hybridized carbons (Fsp3) is 0. The van der Waals surface area contributed by atoms with Crippen LogP contribution in [0.3, 0.4) is 0 Å². The zero-order valence-electron chi connectivity index (χ0n) is 30.4. The van der Waals surface area contributed by atoms with E-state index < -0.39 is 0 Å². The average Bonchev–Trinajstić information content (AvgIpc) is 3.78. The van der Waals surface area contributed by atoms with Crippen LogP contribution in [0.15, 0.2) is 206 Å². The van der Waals surface area contributed by atoms with Gasteiger partial charge < -0.3 is 9.13 Å². The molecule has 3 heterocycles. The normalized spacial score (nSPS) is 11.6. The van der Waals surface area contributed by atoms with Crippen LogP contribution in [0, 0.1) is 0 Å². The minimum absolute atomic E-state index is 0.698. The lowest BCUT2D eigenvalue weighted by molar-refractivity contribution is 1.17. The summed E-state index contributed by atoms with van der Waals surface area (Å²) in [6, 6.07) is 73.1. The third-order valence-electron chi connectivity index (χ3n) is 10.9. The zero-order chi connectivity index (χ0) is 37.0. The summed E-state index contributed by atoms with van der Waals surface area (Å²) in [5, 5.41) is 4.92. The molecule has 3 aromatic heterocycles. The topological polar surface area (TPSA) is 35.6 Å². The van der Waals surface area contributed by atoms with Crippen molar-refractivity contribution in [1.82, 2.24) is 19.1 Å². The van der Waals surface area contributed by atoms with Gasteiger partial charge in [-0.05, 0) is 71.8 Å². The molecule has 0 aliphatic carbocycles. The Bertz CT molecular complexity index is 3220. The highest BCUT2D eigenvalue weighted by atomic mass is 15.0. The molecule has 0 amide bonds. The van der Waals surface area contributed by atoms with E-state index in [4.69, 9.17) is 9.97 Å². The summed E-state index contributed by atoms with van der Waals surface area (Å²) in [7, 11) is 0. The van der Waals surface area contributed by atoms with Crippen LogP contribution < -0.4 is 0 Å². The molecule has 0 aliphatic rings. The molecule has 0 fully saturated rings. The van der Waals surface area contributed by atoms with Crippen molar-refractivity contribution < 1.29 is 0 Å². The van der Waals surface area contributed by atoms with Gasteiger partial charge in [0.15, 0.2) is 5.82 Å². The molecule has 4 nitrogen and oxygen atoms in total. The minimum atomic E-state index is 0.698. The Morgan fingerprint density at radius 2 is 0.714 bits per heavy atom. The van der Waals surface area contributed by atoms with Crippen molar-refractivity contribution in [3.63, 3.8) is 0 Å². The summed E-state index contributed by atoms with van der Waals surface area (Å²) < 4.78 is 4.79. The van der Waals surface area contributed by atoms with Crippen LogP contribution in [0.2, 0.25) is 0 Å². The molecule has 11 aromatic rings. The smallest absolute Gasteiger partial charge is 0.160 e. The van der Waals surface area contributed by atoms with Gasteiger partial charge in [-0.1, -0.05) is 146 Å². The maximum Gasteiger partial charge on any atom is 0.160 e. The first-order chi connectivity index (χ1) is 27.8. The van der Waals surface area contributed by atoms with Crippen molar-refractivity contribution in [3.8, 4) is 56.4 Å². The molecule has 4 heteroatoms. The molecular weight excluding hydrogens is 681 g/mol. The highest BCUT2D eigenvalue weighted by Gasteiger charge is 2.19. The molecule has 0 aliphatic heterocycles. The highest BCUT2D eigenvalue weighted by molar-refractivity contribution is 6.19. The van der Waals surface area contributed by atoms with Gasteiger partial charge in [0.1, 0.15) is 0 Å². The van der Waals surface area contributed by atoms with Crippen molar-refractivity contribution in [3.05, 3.63) is 206 Å². The van der Waals surface area contributed by atoms with Gasteiger partial charge in [0.25, 0.3) is 0 Å². The van der Waals surface area contributed by atoms with Crippen LogP contribution in [0.1, 0.15) is 0 Å². The molecule has 8 aromatic carbocycles. The van der Waals surface area contributed by atoms with E-state index in [1.54, 1.807) is 0 Å². The Hall–Kier alpha value is -7.56. The molecule has 0 N–H and O–H groups in total. The van der Waals surface area contributed by atoms with Gasteiger partial charge in [0, 0.05) is 49.6 Å². The minimum Gasteiger partial charge on any atom is -0.309 e. The molecule has 0 bridgehead atoms. The molecule has 262 valence electrons. The van der Waals surface area contributed by atoms with Crippen molar-refractivity contribution in [2.45, 2.75) is 0 Å². The Morgan fingerprint density at radius 3 is 1.30 bits per heavy atom. The third kappa shape index (κ3) is 5.31. The second-order valence-corrected chi connectivity index (χ2v) is 14.2. The van der Waals surface area contributed by atoms with Crippen molar-refractivity contribution >= 4 is 43.6 Å². The number of hydrogen-bond donors (Lipinski definition) is 0. The summed E-state index contributed by atoms with van der Waals surface area (Å²) in [4.78, 5) is 10.3. The molecular formula is C52H34N4. The Kier molecular flexibility index (Phi) is 7.46. The highest BCUT2D eigenvalue weighted by Crippen LogP contribution is 2.40. The molecule has 0 saturated heterocycles. The molecule has 0 spiro atoms. The molecule has 0 radical (unpaired) electrons. The molecule has 0 atom stereocenters. The second kappa shape index (κ2) is 13.1. The number of benzene rings is 8. The van der Waals surface area contributed by atoms with E-state index in [9.17, 15) is 0 Å². The molecule has 11 rings (SSSR count). The van der Waals surface area contributed by atoms with E-state index in [1.807, 2.05) is 12.1 Å². The summed E-state index contributed by atoms with van der Waals surface area (Å²) in [6.07, 6.45) is 0. The van der Waals surface area contributed by atoms with E-state index >= 15 is 0 Å². The number of rotatable bonds is 6. The first-order valence-corrected chi connectivity index (χ1v) is 19.0. The van der Waals surface area contributed by atoms with Crippen molar-refractivity contribution in [1.29, 1.82) is 0 Å². The van der Waals surface area contributed by atoms with E-state index in [0.29, 0.717) is 5.82 Å². The Balaban J connectivity index is 1.06. The lowest BCUT2D eigenvalue weighted by Crippen LogP contribution is -1.97. The number of hydrogen-bond acceptors (Lipinski definition) is 2. The van der Waals surface area contributed by atoms with Gasteiger partial charge in [0.05, 0.1) is 33.5 Å². The fourth-order valence-electron chi connectivity index (χ4n) is 8.29. The van der Waals surface area contributed by atoms with Gasteiger partial charge in [-0.25, -0.2) is 9.97 Å². The lowest BCUT2D eigenvalue weighted by Gasteiger charge is -2.12. The second-order valence-electron chi connectivity index (χ2n) is 14.2. The summed E-state index contributed by atoms with van der Waals surface area (Å²) in [5.74, 6) is 0.698. The summed E-state index contributed by atoms with van der Waals surface area (Å²) in [6.45, 7) is 0. The van der Waals surface area contributed by atoms with Crippen LogP contribution in [-0.4, -0.2) is 19.1 Å². The van der Waals surface area contributed by atoms with Gasteiger partial charge in [0.2, 0.25) is 0 Å². The van der Waals surface area contributed by atoms with Gasteiger partial charge in [-0.15, -0.1) is 0 Å². The molecule has 56 heavy (non-hydrogen) atoms. The quantitative estimate of drug-likeness (QED) is 0.172. The number of para-hydroxylation sites is 3. The summed E-state index contributed by atoms with van der Waals surface area (Å²) in [5.41, 5.74) is 14.1. The predicted molar refractivity (Wildman–Crippen MR) is 232 cm³/mol. The van der Waals surface area contributed by atoms with Crippen LogP contribution in [0.25, 0.3) is 100 Å². The van der Waals surface area contributed by atoms with Crippen LogP contribution in [-0.2, 0) is 0 Å². The predicted octanol–water partition coefficient (Wildman–Crippen LogP) is 13.3. The average molecular weight is 715 g/mol. The third-order valence-corrected chi connectivity index (χ3v) is 10.9. The number of fused-ring (bicyclic) bond motifs is 6. The van der Waals surface area contributed by atoms with Gasteiger partial charge in [-0.3, -0.25) is 0 Å². The van der Waals surface area contributed by atoms with Crippen molar-refractivity contribution in [2.75, 3.05) is 0 Å². The maximum atomic E-state index is 5.20. The maximum absolute atomic E-state index is 5.20. The van der Waals surface area contributed by atoms with E-state index in [-0.39, 0.29) is 0 Å². The first-order valence-electron chi connectivity index (χ1n) is 19.0.